The van der Waals surface area contributed by atoms with Gasteiger partial charge in [-0.2, -0.15) is 0 Å². The van der Waals surface area contributed by atoms with Crippen LogP contribution in [0.15, 0.2) is 53.4 Å². The van der Waals surface area contributed by atoms with Crippen LogP contribution in [0.25, 0.3) is 22.4 Å². The second kappa shape index (κ2) is 10.0. The fraction of sp³-hybridized carbons (Fsp3) is 0.345. The van der Waals surface area contributed by atoms with Gasteiger partial charge in [-0.05, 0) is 81.1 Å². The monoisotopic (exact) mass is 457 g/mol. The molecule has 3 nitrogen and oxygen atoms in total. The summed E-state index contributed by atoms with van der Waals surface area (Å²) in [6.07, 6.45) is 4.92. The third-order valence-corrected chi connectivity index (χ3v) is 6.51. The molecule has 0 aliphatic carbocycles. The summed E-state index contributed by atoms with van der Waals surface area (Å²) < 4.78 is 2.43. The average molecular weight is 458 g/mol. The van der Waals surface area contributed by atoms with E-state index >= 15 is 0 Å². The lowest BCUT2D eigenvalue weighted by Crippen LogP contribution is -2.03. The van der Waals surface area contributed by atoms with Crippen LogP contribution in [-0.4, -0.2) is 9.55 Å². The highest BCUT2D eigenvalue weighted by atomic mass is 32.1. The van der Waals surface area contributed by atoms with Crippen molar-refractivity contribution in [2.24, 2.45) is 0 Å². The third-order valence-electron chi connectivity index (χ3n) is 6.26. The standard InChI is InChI=1S/C29H35N3S/c1-6-7-8-9-13-32-26-12-10-11-25(30-23-16-20(3)17-24(33)18-23)28(26)31-29(32)27-21(4)14-19(2)15-22(27)5/h10-12,14-18,30,33H,6-9,13H2,1-5H3. The number of unbranched alkanes of at least 4 members (excludes halogenated alkanes) is 3. The van der Waals surface area contributed by atoms with Gasteiger partial charge in [0.1, 0.15) is 11.3 Å². The van der Waals surface area contributed by atoms with Gasteiger partial charge in [-0.25, -0.2) is 4.98 Å². The number of fused-ring (bicyclic) bond motifs is 1. The second-order valence-electron chi connectivity index (χ2n) is 9.28. The minimum absolute atomic E-state index is 0.956. The molecule has 1 N–H and O–H groups in total. The molecule has 0 radical (unpaired) electrons. The Morgan fingerprint density at radius 1 is 0.879 bits per heavy atom. The van der Waals surface area contributed by atoms with Gasteiger partial charge in [0.2, 0.25) is 0 Å². The van der Waals surface area contributed by atoms with E-state index in [2.05, 4.69) is 106 Å². The van der Waals surface area contributed by atoms with Crippen LogP contribution in [-0.2, 0) is 6.54 Å². The fourth-order valence-corrected chi connectivity index (χ4v) is 5.23. The Labute approximate surface area is 203 Å². The maximum absolute atomic E-state index is 5.26. The molecule has 0 unspecified atom stereocenters. The van der Waals surface area contributed by atoms with E-state index in [-0.39, 0.29) is 0 Å². The SMILES string of the molecule is CCCCCCn1c(-c2c(C)cc(C)cc2C)nc2c(Nc3cc(C)cc(S)c3)cccc21. The first-order valence-corrected chi connectivity index (χ1v) is 12.5. The molecule has 0 spiro atoms. The molecule has 4 aromatic rings. The van der Waals surface area contributed by atoms with Crippen molar-refractivity contribution >= 4 is 35.0 Å². The Bertz CT molecular complexity index is 1240. The Kier molecular flexibility index (Phi) is 7.14. The number of nitrogens with one attached hydrogen (secondary N) is 1. The Balaban J connectivity index is 1.85. The summed E-state index contributed by atoms with van der Waals surface area (Å²) in [5.74, 6) is 1.07. The van der Waals surface area contributed by atoms with E-state index < -0.39 is 0 Å². The van der Waals surface area contributed by atoms with Crippen LogP contribution in [0.5, 0.6) is 0 Å². The van der Waals surface area contributed by atoms with Crippen LogP contribution in [0.2, 0.25) is 0 Å². The van der Waals surface area contributed by atoms with Crippen molar-refractivity contribution in [1.82, 2.24) is 9.55 Å². The van der Waals surface area contributed by atoms with Gasteiger partial charge < -0.3 is 9.88 Å². The number of rotatable bonds is 8. The van der Waals surface area contributed by atoms with Gasteiger partial charge in [-0.3, -0.25) is 0 Å². The highest BCUT2D eigenvalue weighted by molar-refractivity contribution is 7.80. The van der Waals surface area contributed by atoms with Crippen molar-refractivity contribution in [3.63, 3.8) is 0 Å². The molecule has 0 aliphatic rings. The number of aromatic nitrogens is 2. The van der Waals surface area contributed by atoms with Gasteiger partial charge in [-0.1, -0.05) is 49.9 Å². The van der Waals surface area contributed by atoms with Crippen molar-refractivity contribution < 1.29 is 0 Å². The molecule has 4 rings (SSSR count). The van der Waals surface area contributed by atoms with E-state index in [1.54, 1.807) is 0 Å². The van der Waals surface area contributed by atoms with Crippen molar-refractivity contribution in [2.45, 2.75) is 71.7 Å². The van der Waals surface area contributed by atoms with Crippen molar-refractivity contribution in [2.75, 3.05) is 5.32 Å². The number of imidazole rings is 1. The van der Waals surface area contributed by atoms with E-state index in [0.29, 0.717) is 0 Å². The number of thiol groups is 1. The molecule has 0 amide bonds. The van der Waals surface area contributed by atoms with Crippen LogP contribution in [0.3, 0.4) is 0 Å². The van der Waals surface area contributed by atoms with E-state index in [4.69, 9.17) is 4.98 Å². The van der Waals surface area contributed by atoms with E-state index in [0.717, 1.165) is 40.6 Å². The number of anilines is 2. The number of benzene rings is 3. The minimum Gasteiger partial charge on any atom is -0.354 e. The lowest BCUT2D eigenvalue weighted by molar-refractivity contribution is 0.594. The average Bonchev–Trinajstić information content (AvgIpc) is 3.09. The molecule has 0 fully saturated rings. The van der Waals surface area contributed by atoms with E-state index in [1.165, 1.54) is 52.6 Å². The summed E-state index contributed by atoms with van der Waals surface area (Å²) in [6.45, 7) is 11.9. The van der Waals surface area contributed by atoms with Gasteiger partial charge in [0.25, 0.3) is 0 Å². The van der Waals surface area contributed by atoms with Crippen molar-refractivity contribution in [3.8, 4) is 11.4 Å². The molecule has 0 atom stereocenters. The number of nitrogens with zero attached hydrogens (tertiary/aromatic N) is 2. The summed E-state index contributed by atoms with van der Waals surface area (Å²) >= 11 is 4.56. The first-order chi connectivity index (χ1) is 15.9. The lowest BCUT2D eigenvalue weighted by Gasteiger charge is -2.14. The summed E-state index contributed by atoms with van der Waals surface area (Å²) in [7, 11) is 0. The number of para-hydroxylation sites is 1. The predicted molar refractivity (Wildman–Crippen MR) is 145 cm³/mol. The molecule has 3 aromatic carbocycles. The number of hydrogen-bond acceptors (Lipinski definition) is 3. The molecule has 0 aliphatic heterocycles. The summed E-state index contributed by atoms with van der Waals surface area (Å²) in [6, 6.07) is 17.3. The summed E-state index contributed by atoms with van der Waals surface area (Å²) in [4.78, 5) is 6.21. The maximum atomic E-state index is 5.26. The van der Waals surface area contributed by atoms with Gasteiger partial charge in [0.05, 0.1) is 11.2 Å². The van der Waals surface area contributed by atoms with Gasteiger partial charge in [0, 0.05) is 22.7 Å². The van der Waals surface area contributed by atoms with Gasteiger partial charge in [0.15, 0.2) is 0 Å². The molecule has 0 saturated heterocycles. The molecule has 4 heteroatoms. The highest BCUT2D eigenvalue weighted by Crippen LogP contribution is 2.35. The Morgan fingerprint density at radius 2 is 1.61 bits per heavy atom. The van der Waals surface area contributed by atoms with E-state index in [1.807, 2.05) is 0 Å². The smallest absolute Gasteiger partial charge is 0.141 e. The third kappa shape index (κ3) is 5.11. The normalized spacial score (nSPS) is 11.3. The van der Waals surface area contributed by atoms with Crippen molar-refractivity contribution in [3.05, 3.63) is 70.8 Å². The van der Waals surface area contributed by atoms with Crippen molar-refractivity contribution in [1.29, 1.82) is 0 Å². The summed E-state index contributed by atoms with van der Waals surface area (Å²) in [5, 5.41) is 3.61. The second-order valence-corrected chi connectivity index (χ2v) is 9.79. The zero-order chi connectivity index (χ0) is 23.5. The molecule has 1 heterocycles. The van der Waals surface area contributed by atoms with Gasteiger partial charge >= 0.3 is 0 Å². The van der Waals surface area contributed by atoms with Gasteiger partial charge in [-0.15, -0.1) is 12.6 Å². The first-order valence-electron chi connectivity index (χ1n) is 12.0. The Hall–Kier alpha value is -2.72. The van der Waals surface area contributed by atoms with Crippen LogP contribution in [0, 0.1) is 27.7 Å². The minimum atomic E-state index is 0.956. The zero-order valence-electron chi connectivity index (χ0n) is 20.5. The number of aryl methyl sites for hydroxylation is 5. The lowest BCUT2D eigenvalue weighted by atomic mass is 9.99. The van der Waals surface area contributed by atoms with Crippen LogP contribution in [0.1, 0.15) is 54.9 Å². The molecule has 1 aromatic heterocycles. The van der Waals surface area contributed by atoms with Crippen LogP contribution < -0.4 is 5.32 Å². The van der Waals surface area contributed by atoms with Crippen LogP contribution >= 0.6 is 12.6 Å². The predicted octanol–water partition coefficient (Wildman–Crippen LogP) is 8.55. The zero-order valence-corrected chi connectivity index (χ0v) is 21.4. The first kappa shape index (κ1) is 23.4. The molecule has 0 saturated carbocycles. The molecular weight excluding hydrogens is 422 g/mol. The molecule has 172 valence electrons. The molecule has 0 bridgehead atoms. The topological polar surface area (TPSA) is 29.9 Å². The Morgan fingerprint density at radius 3 is 2.30 bits per heavy atom. The molecule has 33 heavy (non-hydrogen) atoms. The number of hydrogen-bond donors (Lipinski definition) is 2. The van der Waals surface area contributed by atoms with Crippen LogP contribution in [0.4, 0.5) is 11.4 Å². The summed E-state index contributed by atoms with van der Waals surface area (Å²) in [5.41, 5.74) is 10.6. The maximum Gasteiger partial charge on any atom is 0.141 e. The fourth-order valence-electron chi connectivity index (χ4n) is 4.89. The molecular formula is C29H35N3S. The van der Waals surface area contributed by atoms with E-state index in [9.17, 15) is 0 Å². The quantitative estimate of drug-likeness (QED) is 0.205. The largest absolute Gasteiger partial charge is 0.354 e. The highest BCUT2D eigenvalue weighted by Gasteiger charge is 2.18.